The van der Waals surface area contributed by atoms with Gasteiger partial charge in [-0.05, 0) is 55.8 Å². The number of hydrogen-bond acceptors (Lipinski definition) is 13. The molecule has 5 aromatic rings. The highest BCUT2D eigenvalue weighted by Gasteiger charge is 2.44. The molecule has 0 spiro atoms. The Hall–Kier alpha value is -5.44. The van der Waals surface area contributed by atoms with E-state index in [-0.39, 0.29) is 66.1 Å². The minimum atomic E-state index is -0.916. The first kappa shape index (κ1) is 49.0. The second kappa shape index (κ2) is 22.2. The highest BCUT2D eigenvalue weighted by molar-refractivity contribution is 7.13. The smallest absolute Gasteiger partial charge is 0.323 e. The number of aryl methyl sites for hydroxylation is 1. The van der Waals surface area contributed by atoms with Gasteiger partial charge in [-0.25, -0.2) is 24.3 Å². The van der Waals surface area contributed by atoms with Gasteiger partial charge in [0.25, 0.3) is 0 Å². The molecule has 1 aliphatic heterocycles. The van der Waals surface area contributed by atoms with E-state index in [1.807, 2.05) is 57.5 Å². The van der Waals surface area contributed by atoms with E-state index in [1.165, 1.54) is 35.0 Å². The van der Waals surface area contributed by atoms with Gasteiger partial charge < -0.3 is 46.1 Å². The van der Waals surface area contributed by atoms with Gasteiger partial charge in [-0.15, -0.1) is 11.3 Å². The maximum atomic E-state index is 14.0. The van der Waals surface area contributed by atoms with Crippen molar-refractivity contribution in [3.05, 3.63) is 81.4 Å². The van der Waals surface area contributed by atoms with E-state index in [0.29, 0.717) is 43.0 Å². The van der Waals surface area contributed by atoms with Crippen LogP contribution in [0.4, 0.5) is 16.2 Å². The van der Waals surface area contributed by atoms with E-state index in [4.69, 9.17) is 32.7 Å². The Morgan fingerprint density at radius 2 is 1.75 bits per heavy atom. The number of unbranched alkanes of at least 4 members (excludes halogenated alkanes) is 1. The fraction of sp³-hybridized carbons (Fsp3) is 0.455. The summed E-state index contributed by atoms with van der Waals surface area (Å²) in [6.07, 6.45) is 3.06. The van der Waals surface area contributed by atoms with Crippen molar-refractivity contribution in [2.45, 2.75) is 91.1 Å². The summed E-state index contributed by atoms with van der Waals surface area (Å²) in [6.45, 7) is 10.8. The normalized spacial score (nSPS) is 16.0. The maximum Gasteiger partial charge on any atom is 0.323 e. The number of pyridine rings is 1. The van der Waals surface area contributed by atoms with Crippen molar-refractivity contribution in [1.82, 2.24) is 45.4 Å². The number of hydrogen-bond donors (Lipinski definition) is 6. The molecule has 18 nitrogen and oxygen atoms in total. The van der Waals surface area contributed by atoms with Gasteiger partial charge in [0.15, 0.2) is 10.8 Å². The zero-order valence-corrected chi connectivity index (χ0v) is 39.4. The van der Waals surface area contributed by atoms with Crippen molar-refractivity contribution >= 4 is 75.3 Å². The van der Waals surface area contributed by atoms with Gasteiger partial charge in [-0.3, -0.25) is 14.4 Å². The SMILES string of the molecule is COC(C)c1c(NC(=O)Nc2cc(Cl)cnc2OCCNCCCCC(=O)N[C@H](C(=O)N2C[C@H](O)C[C@H]2C(=O)NCc2ccc(-c3scnc3C)cc2)C(C)(C)C)cnc2cc(Cl)nn12. The molecule has 1 aromatic carbocycles. The summed E-state index contributed by atoms with van der Waals surface area (Å²) in [6, 6.07) is 8.57. The topological polar surface area (TPSA) is 226 Å². The second-order valence-corrected chi connectivity index (χ2v) is 18.4. The zero-order chi connectivity index (χ0) is 46.8. The average Bonchev–Trinajstić information content (AvgIpc) is 3.99. The highest BCUT2D eigenvalue weighted by atomic mass is 35.5. The lowest BCUT2D eigenvalue weighted by molar-refractivity contribution is -0.144. The summed E-state index contributed by atoms with van der Waals surface area (Å²) in [5.74, 6) is -0.910. The van der Waals surface area contributed by atoms with E-state index in [2.05, 4.69) is 46.6 Å². The number of methoxy groups -OCH3 is 1. The van der Waals surface area contributed by atoms with Crippen LogP contribution in [0.15, 0.2) is 54.3 Å². The van der Waals surface area contributed by atoms with Gasteiger partial charge in [0.05, 0.1) is 50.9 Å². The van der Waals surface area contributed by atoms with Crippen LogP contribution in [0.3, 0.4) is 0 Å². The van der Waals surface area contributed by atoms with E-state index in [9.17, 15) is 24.3 Å². The van der Waals surface area contributed by atoms with Crippen LogP contribution in [-0.4, -0.2) is 110 Å². The number of likely N-dealkylation sites (tertiary alicyclic amines) is 1. The van der Waals surface area contributed by atoms with Crippen molar-refractivity contribution in [2.24, 2.45) is 5.41 Å². The molecule has 1 saturated heterocycles. The summed E-state index contributed by atoms with van der Waals surface area (Å²) >= 11 is 13.9. The van der Waals surface area contributed by atoms with Crippen LogP contribution in [0, 0.1) is 12.3 Å². The first-order valence-electron chi connectivity index (χ1n) is 21.2. The molecule has 1 aliphatic rings. The fourth-order valence-electron chi connectivity index (χ4n) is 7.32. The van der Waals surface area contributed by atoms with Gasteiger partial charge in [-0.1, -0.05) is 68.2 Å². The van der Waals surface area contributed by atoms with Crippen LogP contribution in [0.5, 0.6) is 5.88 Å². The van der Waals surface area contributed by atoms with Crippen molar-refractivity contribution in [1.29, 1.82) is 0 Å². The van der Waals surface area contributed by atoms with Gasteiger partial charge in [0.1, 0.15) is 24.4 Å². The number of rotatable bonds is 19. The molecule has 5 heterocycles. The Labute approximate surface area is 391 Å². The molecular formula is C44H55Cl2N11O7S. The van der Waals surface area contributed by atoms with Gasteiger partial charge in [0, 0.05) is 51.8 Å². The number of ether oxygens (including phenoxy) is 2. The van der Waals surface area contributed by atoms with Crippen LogP contribution < -0.4 is 31.3 Å². The molecule has 0 bridgehead atoms. The first-order chi connectivity index (χ1) is 31.0. The highest BCUT2D eigenvalue weighted by Crippen LogP contribution is 2.30. The number of nitrogens with one attached hydrogen (secondary N) is 5. The predicted octanol–water partition coefficient (Wildman–Crippen LogP) is 6.16. The third-order valence-electron chi connectivity index (χ3n) is 10.8. The molecule has 21 heteroatoms. The molecule has 348 valence electrons. The number of aromatic nitrogens is 5. The van der Waals surface area contributed by atoms with Gasteiger partial charge >= 0.3 is 6.03 Å². The number of thiazole rings is 1. The van der Waals surface area contributed by atoms with Crippen LogP contribution in [-0.2, 0) is 25.7 Å². The molecular weight excluding hydrogens is 898 g/mol. The molecule has 0 aliphatic carbocycles. The van der Waals surface area contributed by atoms with Gasteiger partial charge in [0.2, 0.25) is 23.6 Å². The zero-order valence-electron chi connectivity index (χ0n) is 37.1. The number of aliphatic hydroxyl groups is 1. The van der Waals surface area contributed by atoms with Crippen LogP contribution >= 0.6 is 34.5 Å². The maximum absolute atomic E-state index is 14.0. The largest absolute Gasteiger partial charge is 0.475 e. The number of β-amino-alcohol motifs (C(OH)–C–C–N with tert-alkyl or cyclic N) is 1. The van der Waals surface area contributed by atoms with Crippen LogP contribution in [0.2, 0.25) is 10.2 Å². The Balaban J connectivity index is 0.925. The summed E-state index contributed by atoms with van der Waals surface area (Å²) in [5.41, 5.74) is 5.65. The Bertz CT molecular complexity index is 2460. The van der Waals surface area contributed by atoms with Gasteiger partial charge in [-0.2, -0.15) is 5.10 Å². The molecule has 6 N–H and O–H groups in total. The molecule has 6 rings (SSSR count). The van der Waals surface area contributed by atoms with E-state index < -0.39 is 41.6 Å². The summed E-state index contributed by atoms with van der Waals surface area (Å²) in [4.78, 5) is 69.2. The third kappa shape index (κ3) is 12.9. The third-order valence-corrected chi connectivity index (χ3v) is 12.1. The number of benzene rings is 1. The second-order valence-electron chi connectivity index (χ2n) is 16.8. The molecule has 4 aromatic heterocycles. The Kier molecular flexibility index (Phi) is 16.7. The van der Waals surface area contributed by atoms with Crippen LogP contribution in [0.25, 0.3) is 16.1 Å². The van der Waals surface area contributed by atoms with Crippen molar-refractivity contribution < 1.29 is 33.8 Å². The van der Waals surface area contributed by atoms with E-state index >= 15 is 0 Å². The monoisotopic (exact) mass is 951 g/mol. The average molecular weight is 953 g/mol. The lowest BCUT2D eigenvalue weighted by atomic mass is 9.85. The lowest BCUT2D eigenvalue weighted by Gasteiger charge is -2.35. The lowest BCUT2D eigenvalue weighted by Crippen LogP contribution is -2.57. The molecule has 5 amide bonds. The summed E-state index contributed by atoms with van der Waals surface area (Å²) < 4.78 is 12.9. The van der Waals surface area contributed by atoms with Crippen LogP contribution in [0.1, 0.15) is 76.4 Å². The Morgan fingerprint density at radius 3 is 2.46 bits per heavy atom. The summed E-state index contributed by atoms with van der Waals surface area (Å²) in [5, 5.41) is 30.0. The molecule has 0 radical (unpaired) electrons. The minimum Gasteiger partial charge on any atom is -0.475 e. The number of amides is 5. The van der Waals surface area contributed by atoms with Crippen molar-refractivity contribution in [2.75, 3.05) is 44.0 Å². The standard InChI is InChI=1S/C44H55Cl2N11O7S/c1-25-38(65-24-51-25)28-12-10-27(11-13-28)20-49-40(60)33-18-30(58)23-56(33)42(61)39(44(3,4)5)54-36(59)9-7-8-14-47-15-16-64-41-31(17-29(45)21-50-41)52-43(62)53-32-22-48-35-19-34(46)55-57(35)37(32)26(2)63-6/h10-13,17,19,21-22,24,26,30,33,39,47,58H,7-9,14-16,18,20,23H2,1-6H3,(H,49,60)(H,54,59)(H2,52,53,62)/t26?,30-,33+,39-/m1/s1. The molecule has 1 fully saturated rings. The number of carbonyl (C=O) groups excluding carboxylic acids is 4. The quantitative estimate of drug-likeness (QED) is 0.0512. The molecule has 0 saturated carbocycles. The van der Waals surface area contributed by atoms with E-state index in [0.717, 1.165) is 21.7 Å². The minimum absolute atomic E-state index is 0.00701. The number of fused-ring (bicyclic) bond motifs is 1. The number of anilines is 2. The number of aliphatic hydroxyl groups excluding tert-OH is 1. The number of halogens is 2. The van der Waals surface area contributed by atoms with E-state index in [1.54, 1.807) is 24.3 Å². The van der Waals surface area contributed by atoms with Crippen molar-refractivity contribution in [3.63, 3.8) is 0 Å². The molecule has 65 heavy (non-hydrogen) atoms. The number of nitrogens with zero attached hydrogens (tertiary/aromatic N) is 6. The predicted molar refractivity (Wildman–Crippen MR) is 249 cm³/mol. The molecule has 4 atom stereocenters. The number of urea groups is 1. The first-order valence-corrected chi connectivity index (χ1v) is 22.8. The fourth-order valence-corrected chi connectivity index (χ4v) is 8.47. The number of carbonyl (C=O) groups is 4. The summed E-state index contributed by atoms with van der Waals surface area (Å²) in [7, 11) is 1.53. The Morgan fingerprint density at radius 1 is 1.00 bits per heavy atom. The molecule has 1 unspecified atom stereocenters. The van der Waals surface area contributed by atoms with Crippen molar-refractivity contribution in [3.8, 4) is 16.3 Å².